The summed E-state index contributed by atoms with van der Waals surface area (Å²) in [7, 11) is 0. The molecule has 1 aliphatic heterocycles. The van der Waals surface area contributed by atoms with E-state index < -0.39 is 0 Å². The summed E-state index contributed by atoms with van der Waals surface area (Å²) in [5.41, 5.74) is 2.32. The summed E-state index contributed by atoms with van der Waals surface area (Å²) in [4.78, 5) is 16.0. The van der Waals surface area contributed by atoms with Crippen LogP contribution in [0.3, 0.4) is 0 Å². The Hall–Kier alpha value is -2.37. The van der Waals surface area contributed by atoms with Gasteiger partial charge in [0, 0.05) is 25.2 Å². The number of para-hydroxylation sites is 1. The Balaban J connectivity index is 1.51. The van der Waals surface area contributed by atoms with Crippen LogP contribution in [0.5, 0.6) is 0 Å². The number of nitrogens with one attached hydrogen (secondary N) is 2. The van der Waals surface area contributed by atoms with E-state index in [0.717, 1.165) is 12.1 Å². The molecule has 3 rings (SSSR count). The molecule has 6 heteroatoms. The Morgan fingerprint density at radius 1 is 1.45 bits per heavy atom. The van der Waals surface area contributed by atoms with Crippen molar-refractivity contribution in [3.05, 3.63) is 42.0 Å². The molecule has 0 aliphatic carbocycles. The van der Waals surface area contributed by atoms with Crippen molar-refractivity contribution in [3.63, 3.8) is 0 Å². The molecule has 2 aromatic rings. The Labute approximate surface area is 116 Å². The quantitative estimate of drug-likeness (QED) is 0.868. The lowest BCUT2D eigenvalue weighted by atomic mass is 9.93. The van der Waals surface area contributed by atoms with Gasteiger partial charge in [0.1, 0.15) is 0 Å². The predicted octanol–water partition coefficient (Wildman–Crippen LogP) is 1.01. The number of rotatable bonds is 4. The molecule has 1 aliphatic rings. The van der Waals surface area contributed by atoms with E-state index >= 15 is 0 Å². The van der Waals surface area contributed by atoms with Crippen LogP contribution in [-0.4, -0.2) is 29.1 Å². The predicted molar refractivity (Wildman–Crippen MR) is 73.1 cm³/mol. The Bertz CT molecular complexity index is 583. The number of amides is 1. The summed E-state index contributed by atoms with van der Waals surface area (Å²) in [6.07, 6.45) is 2.65. The standard InChI is InChI=1S/C14H16N4O2/c19-14(15-6-5-13-17-9-20-18-13)11-7-10-3-1-2-4-12(10)16-8-11/h1-4,9,11,16H,5-8H2,(H,15,19). The van der Waals surface area contributed by atoms with Gasteiger partial charge in [-0.05, 0) is 18.1 Å². The first kappa shape index (κ1) is 12.7. The fraction of sp³-hybridized carbons (Fsp3) is 0.357. The third-order valence-corrected chi connectivity index (χ3v) is 3.45. The average Bonchev–Trinajstić information content (AvgIpc) is 3.00. The largest absolute Gasteiger partial charge is 0.384 e. The molecule has 0 saturated heterocycles. The minimum atomic E-state index is -0.0323. The maximum atomic E-state index is 12.1. The molecule has 1 unspecified atom stereocenters. The highest BCUT2D eigenvalue weighted by atomic mass is 16.5. The SMILES string of the molecule is O=C(NCCc1ncon1)C1CNc2ccccc2C1. The zero-order valence-corrected chi connectivity index (χ0v) is 11.0. The summed E-state index contributed by atoms with van der Waals surface area (Å²) in [6, 6.07) is 8.09. The molecular formula is C14H16N4O2. The Morgan fingerprint density at radius 3 is 3.20 bits per heavy atom. The first-order valence-corrected chi connectivity index (χ1v) is 6.67. The van der Waals surface area contributed by atoms with Gasteiger partial charge in [0.2, 0.25) is 12.3 Å². The van der Waals surface area contributed by atoms with Crippen molar-refractivity contribution >= 4 is 11.6 Å². The van der Waals surface area contributed by atoms with Crippen LogP contribution in [-0.2, 0) is 17.6 Å². The maximum Gasteiger partial charge on any atom is 0.225 e. The zero-order chi connectivity index (χ0) is 13.8. The third kappa shape index (κ3) is 2.79. The summed E-state index contributed by atoms with van der Waals surface area (Å²) in [6.45, 7) is 1.20. The molecule has 6 nitrogen and oxygen atoms in total. The lowest BCUT2D eigenvalue weighted by molar-refractivity contribution is -0.124. The fourth-order valence-electron chi connectivity index (χ4n) is 2.37. The van der Waals surface area contributed by atoms with Gasteiger partial charge in [0.05, 0.1) is 5.92 Å². The van der Waals surface area contributed by atoms with Gasteiger partial charge in [-0.15, -0.1) is 0 Å². The van der Waals surface area contributed by atoms with E-state index in [1.54, 1.807) is 0 Å². The van der Waals surface area contributed by atoms with Crippen molar-refractivity contribution in [1.29, 1.82) is 0 Å². The van der Waals surface area contributed by atoms with Crippen molar-refractivity contribution in [3.8, 4) is 0 Å². The van der Waals surface area contributed by atoms with Gasteiger partial charge >= 0.3 is 0 Å². The molecule has 1 aromatic carbocycles. The molecule has 20 heavy (non-hydrogen) atoms. The fourth-order valence-corrected chi connectivity index (χ4v) is 2.37. The second-order valence-corrected chi connectivity index (χ2v) is 4.83. The minimum Gasteiger partial charge on any atom is -0.384 e. The van der Waals surface area contributed by atoms with Crippen molar-refractivity contribution in [1.82, 2.24) is 15.5 Å². The third-order valence-electron chi connectivity index (χ3n) is 3.45. The lowest BCUT2D eigenvalue weighted by Crippen LogP contribution is -2.39. The van der Waals surface area contributed by atoms with Crippen LogP contribution in [0.1, 0.15) is 11.4 Å². The molecule has 104 valence electrons. The Morgan fingerprint density at radius 2 is 2.35 bits per heavy atom. The van der Waals surface area contributed by atoms with E-state index in [1.807, 2.05) is 18.2 Å². The highest BCUT2D eigenvalue weighted by Gasteiger charge is 2.23. The van der Waals surface area contributed by atoms with E-state index in [4.69, 9.17) is 0 Å². The van der Waals surface area contributed by atoms with Crippen LogP contribution in [0, 0.1) is 5.92 Å². The normalized spacial score (nSPS) is 17.1. The van der Waals surface area contributed by atoms with Gasteiger partial charge in [-0.25, -0.2) is 0 Å². The molecule has 1 atom stereocenters. The van der Waals surface area contributed by atoms with E-state index in [1.165, 1.54) is 12.0 Å². The van der Waals surface area contributed by atoms with Crippen LogP contribution in [0.15, 0.2) is 35.2 Å². The van der Waals surface area contributed by atoms with Gasteiger partial charge in [0.25, 0.3) is 0 Å². The highest BCUT2D eigenvalue weighted by molar-refractivity contribution is 5.80. The van der Waals surface area contributed by atoms with Gasteiger partial charge in [-0.3, -0.25) is 4.79 Å². The first-order chi connectivity index (χ1) is 9.83. The van der Waals surface area contributed by atoms with Crippen LogP contribution >= 0.6 is 0 Å². The van der Waals surface area contributed by atoms with Crippen LogP contribution in [0.4, 0.5) is 5.69 Å². The molecule has 1 amide bonds. The first-order valence-electron chi connectivity index (χ1n) is 6.67. The van der Waals surface area contributed by atoms with Gasteiger partial charge in [0.15, 0.2) is 5.82 Å². The zero-order valence-electron chi connectivity index (χ0n) is 11.0. The van der Waals surface area contributed by atoms with Gasteiger partial charge < -0.3 is 15.2 Å². The number of hydrogen-bond acceptors (Lipinski definition) is 5. The Kier molecular flexibility index (Phi) is 3.62. The molecule has 2 heterocycles. The molecule has 0 saturated carbocycles. The second kappa shape index (κ2) is 5.73. The topological polar surface area (TPSA) is 80.1 Å². The summed E-state index contributed by atoms with van der Waals surface area (Å²) >= 11 is 0. The van der Waals surface area contributed by atoms with E-state index in [9.17, 15) is 4.79 Å². The number of carbonyl (C=O) groups excluding carboxylic acids is 1. The highest BCUT2D eigenvalue weighted by Crippen LogP contribution is 2.24. The molecule has 0 bridgehead atoms. The van der Waals surface area contributed by atoms with E-state index in [-0.39, 0.29) is 11.8 Å². The number of benzene rings is 1. The molecule has 0 fully saturated rings. The molecule has 0 radical (unpaired) electrons. The maximum absolute atomic E-state index is 12.1. The van der Waals surface area contributed by atoms with Crippen molar-refractivity contribution < 1.29 is 9.32 Å². The van der Waals surface area contributed by atoms with E-state index in [0.29, 0.717) is 25.3 Å². The summed E-state index contributed by atoms with van der Waals surface area (Å²) < 4.78 is 4.64. The second-order valence-electron chi connectivity index (χ2n) is 4.83. The summed E-state index contributed by atoms with van der Waals surface area (Å²) in [5.74, 6) is 0.642. The smallest absolute Gasteiger partial charge is 0.225 e. The van der Waals surface area contributed by atoms with Crippen molar-refractivity contribution in [2.45, 2.75) is 12.8 Å². The molecule has 1 aromatic heterocycles. The molecule has 2 N–H and O–H groups in total. The molecule has 0 spiro atoms. The van der Waals surface area contributed by atoms with Crippen molar-refractivity contribution in [2.24, 2.45) is 5.92 Å². The van der Waals surface area contributed by atoms with Crippen molar-refractivity contribution in [2.75, 3.05) is 18.4 Å². The number of anilines is 1. The van der Waals surface area contributed by atoms with Crippen LogP contribution in [0.2, 0.25) is 0 Å². The number of aromatic nitrogens is 2. The molecular weight excluding hydrogens is 256 g/mol. The number of nitrogens with zero attached hydrogens (tertiary/aromatic N) is 2. The van der Waals surface area contributed by atoms with E-state index in [2.05, 4.69) is 31.4 Å². The number of carbonyl (C=O) groups is 1. The van der Waals surface area contributed by atoms with Crippen LogP contribution in [0.25, 0.3) is 0 Å². The van der Waals surface area contributed by atoms with Gasteiger partial charge in [-0.2, -0.15) is 4.98 Å². The number of hydrogen-bond donors (Lipinski definition) is 2. The average molecular weight is 272 g/mol. The van der Waals surface area contributed by atoms with Gasteiger partial charge in [-0.1, -0.05) is 23.4 Å². The minimum absolute atomic E-state index is 0.0323. The summed E-state index contributed by atoms with van der Waals surface area (Å²) in [5, 5.41) is 9.92. The number of fused-ring (bicyclic) bond motifs is 1. The lowest BCUT2D eigenvalue weighted by Gasteiger charge is -2.25. The van der Waals surface area contributed by atoms with Crippen LogP contribution < -0.4 is 10.6 Å². The monoisotopic (exact) mass is 272 g/mol.